The number of benzene rings is 1. The Bertz CT molecular complexity index is 960. The second-order valence-corrected chi connectivity index (χ2v) is 8.17. The second-order valence-electron chi connectivity index (χ2n) is 6.12. The minimum absolute atomic E-state index is 0.0733. The minimum Gasteiger partial charge on any atom is -0.465 e. The van der Waals surface area contributed by atoms with Crippen LogP contribution in [-0.2, 0) is 27.2 Å². The number of rotatable bonds is 8. The molecule has 0 radical (unpaired) electrons. The quantitative estimate of drug-likeness (QED) is 0.382. The molecule has 8 nitrogen and oxygen atoms in total. The fourth-order valence-electron chi connectivity index (χ4n) is 2.75. The van der Waals surface area contributed by atoms with Crippen LogP contribution in [0.3, 0.4) is 0 Å². The topological polar surface area (TPSA) is 99.5 Å². The summed E-state index contributed by atoms with van der Waals surface area (Å²) >= 11 is 2.74. The van der Waals surface area contributed by atoms with Crippen molar-refractivity contribution in [1.82, 2.24) is 9.55 Å². The predicted octanol–water partition coefficient (Wildman–Crippen LogP) is 2.06. The number of anilines is 1. The Morgan fingerprint density at radius 2 is 2.03 bits per heavy atom. The highest BCUT2D eigenvalue weighted by Gasteiger charge is 2.22. The maximum absolute atomic E-state index is 12.7. The molecule has 1 N–H and O–H groups in total. The fraction of sp³-hybridized carbons (Fsp3) is 0.368. The molecule has 0 aliphatic carbocycles. The van der Waals surface area contributed by atoms with Crippen molar-refractivity contribution in [3.05, 3.63) is 45.9 Å². The number of esters is 1. The molecule has 0 spiro atoms. The smallest absolute Gasteiger partial charge is 0.337 e. The zero-order valence-corrected chi connectivity index (χ0v) is 17.7. The van der Waals surface area contributed by atoms with Crippen LogP contribution < -0.4 is 10.9 Å². The van der Waals surface area contributed by atoms with Crippen LogP contribution in [0, 0.1) is 0 Å². The maximum atomic E-state index is 12.7. The van der Waals surface area contributed by atoms with Crippen molar-refractivity contribution in [2.45, 2.75) is 23.0 Å². The summed E-state index contributed by atoms with van der Waals surface area (Å²) in [5.74, 6) is 0.277. The summed E-state index contributed by atoms with van der Waals surface area (Å²) in [5, 5.41) is 3.29. The first-order valence-corrected chi connectivity index (χ1v) is 10.9. The highest BCUT2D eigenvalue weighted by molar-refractivity contribution is 8.00. The van der Waals surface area contributed by atoms with Gasteiger partial charge in [-0.25, -0.2) is 9.78 Å². The van der Waals surface area contributed by atoms with E-state index < -0.39 is 5.97 Å². The average molecular weight is 436 g/mol. The van der Waals surface area contributed by atoms with Gasteiger partial charge in [0.15, 0.2) is 5.16 Å². The van der Waals surface area contributed by atoms with E-state index in [2.05, 4.69) is 15.0 Å². The number of nitrogens with one attached hydrogen (secondary N) is 1. The van der Waals surface area contributed by atoms with Gasteiger partial charge in [-0.3, -0.25) is 14.2 Å². The summed E-state index contributed by atoms with van der Waals surface area (Å²) < 4.78 is 11.3. The average Bonchev–Trinajstić information content (AvgIpc) is 3.20. The van der Waals surface area contributed by atoms with Gasteiger partial charge in [-0.15, -0.1) is 11.8 Å². The number of carbonyl (C=O) groups is 2. The van der Waals surface area contributed by atoms with Gasteiger partial charge in [-0.05, 0) is 24.3 Å². The number of aromatic nitrogens is 2. The van der Waals surface area contributed by atoms with Gasteiger partial charge in [0.1, 0.15) is 0 Å². The van der Waals surface area contributed by atoms with E-state index >= 15 is 0 Å². The molecule has 0 saturated carbocycles. The SMILES string of the molecule is COCCn1c(SCC(=O)Nc2ccc(C(=O)OC)cc2)nc2c(c1=O)SCC2. The van der Waals surface area contributed by atoms with E-state index in [1.165, 1.54) is 30.6 Å². The molecule has 154 valence electrons. The number of ether oxygens (including phenoxy) is 2. The number of amides is 1. The van der Waals surface area contributed by atoms with E-state index in [1.54, 1.807) is 35.9 Å². The molecule has 1 aromatic carbocycles. The lowest BCUT2D eigenvalue weighted by Crippen LogP contribution is -2.27. The van der Waals surface area contributed by atoms with Crippen LogP contribution in [0.5, 0.6) is 0 Å². The third-order valence-corrected chi connectivity index (χ3v) is 6.27. The fourth-order valence-corrected chi connectivity index (χ4v) is 4.63. The van der Waals surface area contributed by atoms with Gasteiger partial charge < -0.3 is 14.8 Å². The van der Waals surface area contributed by atoms with Crippen molar-refractivity contribution in [3.8, 4) is 0 Å². The van der Waals surface area contributed by atoms with Crippen molar-refractivity contribution >= 4 is 41.1 Å². The van der Waals surface area contributed by atoms with Gasteiger partial charge >= 0.3 is 5.97 Å². The zero-order valence-electron chi connectivity index (χ0n) is 16.1. The Morgan fingerprint density at radius 3 is 2.72 bits per heavy atom. The van der Waals surface area contributed by atoms with Gasteiger partial charge in [0.05, 0.1) is 42.2 Å². The monoisotopic (exact) mass is 435 g/mol. The summed E-state index contributed by atoms with van der Waals surface area (Å²) in [6.45, 7) is 0.770. The molecular formula is C19H21N3O5S2. The normalized spacial score (nSPS) is 12.5. The lowest BCUT2D eigenvalue weighted by atomic mass is 10.2. The van der Waals surface area contributed by atoms with Crippen molar-refractivity contribution in [3.63, 3.8) is 0 Å². The summed E-state index contributed by atoms with van der Waals surface area (Å²) in [7, 11) is 2.89. The van der Waals surface area contributed by atoms with Crippen LogP contribution in [-0.4, -0.2) is 53.8 Å². The largest absolute Gasteiger partial charge is 0.465 e. The minimum atomic E-state index is -0.437. The van der Waals surface area contributed by atoms with E-state index in [9.17, 15) is 14.4 Å². The van der Waals surface area contributed by atoms with Crippen LogP contribution in [0.25, 0.3) is 0 Å². The maximum Gasteiger partial charge on any atom is 0.337 e. The molecule has 0 atom stereocenters. The number of fused-ring (bicyclic) bond motifs is 1. The summed E-state index contributed by atoms with van der Waals surface area (Å²) in [4.78, 5) is 41.8. The third kappa shape index (κ3) is 5.20. The molecule has 0 bridgehead atoms. The van der Waals surface area contributed by atoms with E-state index in [1.807, 2.05) is 0 Å². The molecule has 2 aromatic rings. The standard InChI is InChI=1S/C19H21N3O5S2/c1-26-9-8-22-17(24)16-14(7-10-28-16)21-19(22)29-11-15(23)20-13-5-3-12(4-6-13)18(25)27-2/h3-6H,7-11H2,1-2H3,(H,20,23). The second kappa shape index (κ2) is 9.95. The lowest BCUT2D eigenvalue weighted by Gasteiger charge is -2.13. The predicted molar refractivity (Wildman–Crippen MR) is 112 cm³/mol. The number of hydrogen-bond donors (Lipinski definition) is 1. The van der Waals surface area contributed by atoms with E-state index in [0.717, 1.165) is 17.9 Å². The van der Waals surface area contributed by atoms with E-state index in [4.69, 9.17) is 4.74 Å². The Kier molecular flexibility index (Phi) is 7.34. The van der Waals surface area contributed by atoms with Crippen molar-refractivity contribution in [2.24, 2.45) is 0 Å². The number of aryl methyl sites for hydroxylation is 1. The van der Waals surface area contributed by atoms with Crippen LogP contribution >= 0.6 is 23.5 Å². The molecule has 29 heavy (non-hydrogen) atoms. The van der Waals surface area contributed by atoms with E-state index in [-0.39, 0.29) is 17.2 Å². The highest BCUT2D eigenvalue weighted by Crippen LogP contribution is 2.28. The molecule has 2 heterocycles. The third-order valence-electron chi connectivity index (χ3n) is 4.19. The lowest BCUT2D eigenvalue weighted by molar-refractivity contribution is -0.113. The van der Waals surface area contributed by atoms with Gasteiger partial charge in [-0.1, -0.05) is 11.8 Å². The van der Waals surface area contributed by atoms with E-state index in [0.29, 0.717) is 34.5 Å². The van der Waals surface area contributed by atoms with Gasteiger partial charge in [0.25, 0.3) is 5.56 Å². The number of hydrogen-bond acceptors (Lipinski definition) is 8. The van der Waals surface area contributed by atoms with Crippen LogP contribution in [0.4, 0.5) is 5.69 Å². The first-order chi connectivity index (χ1) is 14.0. The number of thioether (sulfide) groups is 2. The highest BCUT2D eigenvalue weighted by atomic mass is 32.2. The first-order valence-electron chi connectivity index (χ1n) is 8.90. The van der Waals surface area contributed by atoms with Crippen molar-refractivity contribution in [2.75, 3.05) is 37.6 Å². The Hall–Kier alpha value is -2.30. The zero-order chi connectivity index (χ0) is 20.8. The Balaban J connectivity index is 1.67. The number of carbonyl (C=O) groups excluding carboxylic acids is 2. The van der Waals surface area contributed by atoms with Gasteiger partial charge in [-0.2, -0.15) is 0 Å². The summed E-state index contributed by atoms with van der Waals surface area (Å²) in [6, 6.07) is 6.43. The molecule has 1 aliphatic rings. The van der Waals surface area contributed by atoms with Crippen molar-refractivity contribution in [1.29, 1.82) is 0 Å². The Morgan fingerprint density at radius 1 is 1.28 bits per heavy atom. The molecular weight excluding hydrogens is 414 g/mol. The molecule has 0 fully saturated rings. The molecule has 0 unspecified atom stereocenters. The van der Waals surface area contributed by atoms with Crippen LogP contribution in [0.1, 0.15) is 16.1 Å². The molecule has 0 saturated heterocycles. The number of nitrogens with zero attached hydrogens (tertiary/aromatic N) is 2. The van der Waals surface area contributed by atoms with Crippen molar-refractivity contribution < 1.29 is 19.1 Å². The first kappa shape index (κ1) is 21.4. The molecule has 1 aromatic heterocycles. The molecule has 3 rings (SSSR count). The van der Waals surface area contributed by atoms with Gasteiger partial charge in [0.2, 0.25) is 5.91 Å². The molecule has 1 aliphatic heterocycles. The molecule has 10 heteroatoms. The number of methoxy groups -OCH3 is 2. The molecule has 1 amide bonds. The van der Waals surface area contributed by atoms with Crippen LogP contribution in [0.15, 0.2) is 39.1 Å². The summed E-state index contributed by atoms with van der Waals surface area (Å²) in [5.41, 5.74) is 1.70. The Labute approximate surface area is 176 Å². The van der Waals surface area contributed by atoms with Crippen LogP contribution in [0.2, 0.25) is 0 Å². The van der Waals surface area contributed by atoms with Gasteiger partial charge in [0, 0.05) is 25.0 Å². The summed E-state index contributed by atoms with van der Waals surface area (Å²) in [6.07, 6.45) is 0.757.